The van der Waals surface area contributed by atoms with Gasteiger partial charge in [-0.15, -0.1) is 12.6 Å². The van der Waals surface area contributed by atoms with E-state index in [1.807, 2.05) is 43.2 Å². The molecule has 0 aliphatic heterocycles. The molecule has 16 heavy (non-hydrogen) atoms. The van der Waals surface area contributed by atoms with Crippen LogP contribution >= 0.6 is 12.6 Å². The van der Waals surface area contributed by atoms with E-state index in [0.29, 0.717) is 5.75 Å². The Bertz CT molecular complexity index is 325. The van der Waals surface area contributed by atoms with Crippen molar-refractivity contribution in [3.05, 3.63) is 60.7 Å². The van der Waals surface area contributed by atoms with Gasteiger partial charge in [0, 0.05) is 4.90 Å². The summed E-state index contributed by atoms with van der Waals surface area (Å²) in [5.74, 6) is 0.322. The SMILES string of the molecule is C=O.Oc1ccccc1.Sc1ccccc1. The fraction of sp³-hybridized carbons (Fsp3) is 0. The molecular formula is C13H14O2S. The quantitative estimate of drug-likeness (QED) is 0.687. The lowest BCUT2D eigenvalue weighted by Crippen LogP contribution is -1.56. The molecule has 2 rings (SSSR count). The highest BCUT2D eigenvalue weighted by Crippen LogP contribution is 2.02. The second-order valence-electron chi connectivity index (χ2n) is 2.67. The number of para-hydroxylation sites is 1. The highest BCUT2D eigenvalue weighted by atomic mass is 32.1. The topological polar surface area (TPSA) is 37.3 Å². The standard InChI is InChI=1S/C6H6O.C6H6S.CH2O/c2*7-6-4-2-1-3-5-6;1-2/h2*1-5,7H;1H2. The number of carbonyl (C=O) groups excluding carboxylic acids is 1. The van der Waals surface area contributed by atoms with Crippen molar-refractivity contribution in [2.75, 3.05) is 0 Å². The Morgan fingerprint density at radius 3 is 1.38 bits per heavy atom. The zero-order valence-electron chi connectivity index (χ0n) is 8.78. The van der Waals surface area contributed by atoms with E-state index in [0.717, 1.165) is 4.90 Å². The fourth-order valence-corrected chi connectivity index (χ4v) is 1.03. The number of rotatable bonds is 0. The normalized spacial score (nSPS) is 7.81. The molecule has 0 atom stereocenters. The van der Waals surface area contributed by atoms with Crippen molar-refractivity contribution < 1.29 is 9.90 Å². The van der Waals surface area contributed by atoms with E-state index in [1.165, 1.54) is 0 Å². The summed E-state index contributed by atoms with van der Waals surface area (Å²) in [4.78, 5) is 9.02. The number of benzene rings is 2. The molecule has 0 aromatic heterocycles. The van der Waals surface area contributed by atoms with Crippen molar-refractivity contribution in [1.29, 1.82) is 0 Å². The van der Waals surface area contributed by atoms with Crippen LogP contribution in [0.5, 0.6) is 5.75 Å². The van der Waals surface area contributed by atoms with Gasteiger partial charge in [0.2, 0.25) is 0 Å². The van der Waals surface area contributed by atoms with Gasteiger partial charge < -0.3 is 9.90 Å². The predicted molar refractivity (Wildman–Crippen MR) is 68.9 cm³/mol. The van der Waals surface area contributed by atoms with Crippen molar-refractivity contribution >= 4 is 19.4 Å². The van der Waals surface area contributed by atoms with E-state index >= 15 is 0 Å². The molecule has 0 fully saturated rings. The molecule has 2 nitrogen and oxygen atoms in total. The van der Waals surface area contributed by atoms with Crippen molar-refractivity contribution in [3.63, 3.8) is 0 Å². The Kier molecular flexibility index (Phi) is 8.74. The van der Waals surface area contributed by atoms with Crippen LogP contribution in [0.25, 0.3) is 0 Å². The van der Waals surface area contributed by atoms with Crippen LogP contribution in [0.4, 0.5) is 0 Å². The Balaban J connectivity index is 0.000000244. The lowest BCUT2D eigenvalue weighted by atomic mass is 10.3. The molecule has 84 valence electrons. The summed E-state index contributed by atoms with van der Waals surface area (Å²) in [6.45, 7) is 2.00. The molecule has 0 amide bonds. The molecule has 0 spiro atoms. The molecule has 3 heteroatoms. The van der Waals surface area contributed by atoms with Crippen LogP contribution in [0.1, 0.15) is 0 Å². The van der Waals surface area contributed by atoms with Crippen molar-refractivity contribution in [2.24, 2.45) is 0 Å². The van der Waals surface area contributed by atoms with E-state index in [1.54, 1.807) is 24.3 Å². The van der Waals surface area contributed by atoms with Crippen LogP contribution in [0.2, 0.25) is 0 Å². The van der Waals surface area contributed by atoms with Crippen LogP contribution < -0.4 is 0 Å². The van der Waals surface area contributed by atoms with E-state index in [4.69, 9.17) is 9.90 Å². The second-order valence-corrected chi connectivity index (χ2v) is 3.19. The Labute approximate surface area is 101 Å². The van der Waals surface area contributed by atoms with Crippen molar-refractivity contribution in [1.82, 2.24) is 0 Å². The largest absolute Gasteiger partial charge is 0.508 e. The van der Waals surface area contributed by atoms with Crippen LogP contribution in [0, 0.1) is 0 Å². The third kappa shape index (κ3) is 7.64. The number of hydrogen-bond acceptors (Lipinski definition) is 3. The summed E-state index contributed by atoms with van der Waals surface area (Å²) < 4.78 is 0. The maximum absolute atomic E-state index is 8.63. The van der Waals surface area contributed by atoms with Crippen molar-refractivity contribution in [3.8, 4) is 5.75 Å². The number of hydrogen-bond donors (Lipinski definition) is 2. The maximum atomic E-state index is 8.63. The minimum Gasteiger partial charge on any atom is -0.508 e. The molecule has 0 bridgehead atoms. The highest BCUT2D eigenvalue weighted by molar-refractivity contribution is 7.80. The van der Waals surface area contributed by atoms with E-state index in [-0.39, 0.29) is 0 Å². The molecule has 2 aromatic rings. The number of phenols is 1. The van der Waals surface area contributed by atoms with E-state index in [9.17, 15) is 0 Å². The first-order valence-electron chi connectivity index (χ1n) is 4.56. The summed E-state index contributed by atoms with van der Waals surface area (Å²) in [5.41, 5.74) is 0. The Morgan fingerprint density at radius 2 is 1.19 bits per heavy atom. The highest BCUT2D eigenvalue weighted by Gasteiger charge is 1.75. The van der Waals surface area contributed by atoms with Crippen LogP contribution in [-0.2, 0) is 4.79 Å². The Morgan fingerprint density at radius 1 is 0.812 bits per heavy atom. The zero-order valence-corrected chi connectivity index (χ0v) is 9.68. The van der Waals surface area contributed by atoms with Crippen LogP contribution in [0.15, 0.2) is 65.6 Å². The number of phenolic OH excluding ortho intramolecular Hbond substituents is 1. The Hall–Kier alpha value is -1.74. The average Bonchev–Trinajstić information content (AvgIpc) is 2.34. The van der Waals surface area contributed by atoms with E-state index in [2.05, 4.69) is 12.6 Å². The summed E-state index contributed by atoms with van der Waals surface area (Å²) >= 11 is 4.08. The summed E-state index contributed by atoms with van der Waals surface area (Å²) in [6, 6.07) is 18.5. The van der Waals surface area contributed by atoms with Gasteiger partial charge in [0.1, 0.15) is 12.5 Å². The zero-order chi connectivity index (χ0) is 12.2. The minimum atomic E-state index is 0.322. The van der Waals surface area contributed by atoms with Crippen LogP contribution in [-0.4, -0.2) is 11.9 Å². The first-order chi connectivity index (χ1) is 7.79. The first-order valence-corrected chi connectivity index (χ1v) is 5.00. The summed E-state index contributed by atoms with van der Waals surface area (Å²) in [6.07, 6.45) is 0. The van der Waals surface area contributed by atoms with Gasteiger partial charge in [0.05, 0.1) is 0 Å². The monoisotopic (exact) mass is 234 g/mol. The predicted octanol–water partition coefficient (Wildman–Crippen LogP) is 3.18. The van der Waals surface area contributed by atoms with Gasteiger partial charge in [-0.3, -0.25) is 0 Å². The molecule has 0 heterocycles. The molecule has 2 aromatic carbocycles. The molecule has 0 unspecified atom stereocenters. The fourth-order valence-electron chi connectivity index (χ4n) is 0.856. The average molecular weight is 234 g/mol. The van der Waals surface area contributed by atoms with Crippen LogP contribution in [0.3, 0.4) is 0 Å². The van der Waals surface area contributed by atoms with Gasteiger partial charge in [-0.1, -0.05) is 36.4 Å². The smallest absolute Gasteiger partial charge is 0.115 e. The second kappa shape index (κ2) is 9.80. The summed E-state index contributed by atoms with van der Waals surface area (Å²) in [5, 5.41) is 8.63. The van der Waals surface area contributed by atoms with Crippen molar-refractivity contribution in [2.45, 2.75) is 4.90 Å². The molecule has 0 aliphatic rings. The van der Waals surface area contributed by atoms with Gasteiger partial charge >= 0.3 is 0 Å². The van der Waals surface area contributed by atoms with Gasteiger partial charge in [-0.2, -0.15) is 0 Å². The molecule has 0 saturated heterocycles. The van der Waals surface area contributed by atoms with Gasteiger partial charge in [0.15, 0.2) is 0 Å². The lowest BCUT2D eigenvalue weighted by Gasteiger charge is -1.82. The summed E-state index contributed by atoms with van der Waals surface area (Å²) in [7, 11) is 0. The minimum absolute atomic E-state index is 0.322. The van der Waals surface area contributed by atoms with Gasteiger partial charge in [0.25, 0.3) is 0 Å². The molecule has 1 N–H and O–H groups in total. The molecule has 0 saturated carbocycles. The number of aromatic hydroxyl groups is 1. The maximum Gasteiger partial charge on any atom is 0.115 e. The number of carbonyl (C=O) groups is 1. The molecule has 0 aliphatic carbocycles. The van der Waals surface area contributed by atoms with Gasteiger partial charge in [-0.25, -0.2) is 0 Å². The first kappa shape index (κ1) is 14.3. The molecule has 0 radical (unpaired) electrons. The van der Waals surface area contributed by atoms with E-state index < -0.39 is 0 Å². The number of thiol groups is 1. The third-order valence-electron chi connectivity index (χ3n) is 1.51. The lowest BCUT2D eigenvalue weighted by molar-refractivity contribution is -0.0979. The van der Waals surface area contributed by atoms with Gasteiger partial charge in [-0.05, 0) is 24.3 Å². The molecular weight excluding hydrogens is 220 g/mol. The third-order valence-corrected chi connectivity index (χ3v) is 1.81.